The van der Waals surface area contributed by atoms with Crippen molar-refractivity contribution in [2.45, 2.75) is 56.4 Å². The SMILES string of the molecule is CC(C)(C)NC(=O)[C@H](Cc1ccccc1)N(Cc1ccc(F)cc1)C(=O)CN(c1cc(C(F)(F)F)ccc1Cl)S(=O)(=O)c1ccccc1. The van der Waals surface area contributed by atoms with Crippen molar-refractivity contribution in [3.8, 4) is 0 Å². The van der Waals surface area contributed by atoms with Crippen LogP contribution < -0.4 is 9.62 Å². The van der Waals surface area contributed by atoms with Crippen LogP contribution in [-0.4, -0.2) is 43.3 Å². The molecule has 4 aromatic carbocycles. The lowest BCUT2D eigenvalue weighted by Gasteiger charge is -2.35. The molecular formula is C35H34ClF4N3O4S. The first-order valence-electron chi connectivity index (χ1n) is 14.8. The van der Waals surface area contributed by atoms with Crippen LogP contribution in [0.15, 0.2) is 108 Å². The molecule has 0 radical (unpaired) electrons. The van der Waals surface area contributed by atoms with Crippen LogP contribution in [0.4, 0.5) is 23.2 Å². The van der Waals surface area contributed by atoms with Gasteiger partial charge in [0, 0.05) is 18.5 Å². The summed E-state index contributed by atoms with van der Waals surface area (Å²) in [7, 11) is -4.70. The van der Waals surface area contributed by atoms with E-state index >= 15 is 0 Å². The molecule has 1 atom stereocenters. The summed E-state index contributed by atoms with van der Waals surface area (Å²) in [5.74, 6) is -2.02. The van der Waals surface area contributed by atoms with Crippen LogP contribution in [0.3, 0.4) is 0 Å². The summed E-state index contributed by atoms with van der Waals surface area (Å²) in [5, 5.41) is 2.52. The van der Waals surface area contributed by atoms with Gasteiger partial charge in [-0.25, -0.2) is 12.8 Å². The number of hydrogen-bond donors (Lipinski definition) is 1. The first kappa shape index (κ1) is 36.4. The maximum atomic E-state index is 14.5. The number of amides is 2. The Bertz CT molecular complexity index is 1830. The van der Waals surface area contributed by atoms with Gasteiger partial charge in [-0.15, -0.1) is 0 Å². The number of nitrogens with one attached hydrogen (secondary N) is 1. The first-order chi connectivity index (χ1) is 22.5. The molecule has 0 aliphatic heterocycles. The highest BCUT2D eigenvalue weighted by Crippen LogP contribution is 2.37. The van der Waals surface area contributed by atoms with Crippen molar-refractivity contribution >= 4 is 39.1 Å². The first-order valence-corrected chi connectivity index (χ1v) is 16.6. The van der Waals surface area contributed by atoms with Crippen molar-refractivity contribution in [3.05, 3.63) is 131 Å². The lowest BCUT2D eigenvalue weighted by atomic mass is 10.0. The monoisotopic (exact) mass is 703 g/mol. The summed E-state index contributed by atoms with van der Waals surface area (Å²) in [6.45, 7) is 3.97. The summed E-state index contributed by atoms with van der Waals surface area (Å²) in [5.41, 5.74) is -1.40. The zero-order chi connectivity index (χ0) is 35.3. The second-order valence-electron chi connectivity index (χ2n) is 12.1. The molecule has 0 fully saturated rings. The van der Waals surface area contributed by atoms with Crippen molar-refractivity contribution in [2.75, 3.05) is 10.8 Å². The van der Waals surface area contributed by atoms with E-state index in [0.29, 0.717) is 27.6 Å². The molecule has 0 unspecified atom stereocenters. The lowest BCUT2D eigenvalue weighted by Crippen LogP contribution is -2.56. The van der Waals surface area contributed by atoms with Gasteiger partial charge in [0.15, 0.2) is 0 Å². The number of rotatable bonds is 11. The Hall–Kier alpha value is -4.42. The molecule has 1 N–H and O–H groups in total. The van der Waals surface area contributed by atoms with Gasteiger partial charge < -0.3 is 10.2 Å². The standard InChI is InChI=1S/C35H34ClF4N3O4S/c1-34(2,3)41-33(45)31(20-24-10-6-4-7-11-24)42(22-25-14-17-27(37)18-15-25)32(44)23-43(48(46,47)28-12-8-5-9-13-28)30-21-26(35(38,39)40)16-19-29(30)36/h4-19,21,31H,20,22-23H2,1-3H3,(H,41,45)/t31-/m0/s1. The third kappa shape index (κ3) is 9.35. The van der Waals surface area contributed by atoms with Crippen LogP contribution in [0.2, 0.25) is 5.02 Å². The van der Waals surface area contributed by atoms with Gasteiger partial charge in [-0.05, 0) is 74.4 Å². The van der Waals surface area contributed by atoms with Crippen molar-refractivity contribution < 1.29 is 35.6 Å². The predicted molar refractivity (Wildman–Crippen MR) is 176 cm³/mol. The average molecular weight is 704 g/mol. The maximum absolute atomic E-state index is 14.5. The van der Waals surface area contributed by atoms with Gasteiger partial charge in [-0.1, -0.05) is 72.3 Å². The number of anilines is 1. The van der Waals surface area contributed by atoms with Crippen molar-refractivity contribution in [3.63, 3.8) is 0 Å². The Balaban J connectivity index is 1.88. The maximum Gasteiger partial charge on any atom is 0.416 e. The van der Waals surface area contributed by atoms with E-state index in [9.17, 15) is 35.6 Å². The fourth-order valence-electron chi connectivity index (χ4n) is 4.91. The van der Waals surface area contributed by atoms with E-state index in [-0.39, 0.29) is 22.9 Å². The summed E-state index contributed by atoms with van der Waals surface area (Å²) >= 11 is 6.34. The molecule has 7 nitrogen and oxygen atoms in total. The summed E-state index contributed by atoms with van der Waals surface area (Å²) in [4.78, 5) is 29.2. The predicted octanol–water partition coefficient (Wildman–Crippen LogP) is 7.25. The van der Waals surface area contributed by atoms with Crippen molar-refractivity contribution in [1.82, 2.24) is 10.2 Å². The van der Waals surface area contributed by atoms with E-state index in [1.165, 1.54) is 48.5 Å². The minimum absolute atomic E-state index is 0.00540. The molecular weight excluding hydrogens is 670 g/mol. The van der Waals surface area contributed by atoms with Gasteiger partial charge >= 0.3 is 6.18 Å². The number of sulfonamides is 1. The molecule has 0 aliphatic carbocycles. The van der Waals surface area contributed by atoms with Crippen LogP contribution in [0.5, 0.6) is 0 Å². The van der Waals surface area contributed by atoms with Crippen LogP contribution in [0, 0.1) is 5.82 Å². The zero-order valence-corrected chi connectivity index (χ0v) is 27.9. The number of benzene rings is 4. The Morgan fingerprint density at radius 3 is 1.98 bits per heavy atom. The van der Waals surface area contributed by atoms with Crippen LogP contribution in [-0.2, 0) is 38.8 Å². The molecule has 4 aromatic rings. The Morgan fingerprint density at radius 1 is 0.833 bits per heavy atom. The largest absolute Gasteiger partial charge is 0.416 e. The van der Waals surface area contributed by atoms with E-state index in [0.717, 1.165) is 11.0 Å². The minimum Gasteiger partial charge on any atom is -0.350 e. The Kier molecular flexibility index (Phi) is 11.2. The number of alkyl halides is 3. The van der Waals surface area contributed by atoms with Crippen molar-refractivity contribution in [1.29, 1.82) is 0 Å². The summed E-state index contributed by atoms with van der Waals surface area (Å²) in [6, 6.07) is 21.8. The van der Waals surface area contributed by atoms with E-state index in [1.54, 1.807) is 57.2 Å². The number of halogens is 5. The van der Waals surface area contributed by atoms with Gasteiger partial charge in [0.1, 0.15) is 18.4 Å². The highest BCUT2D eigenvalue weighted by atomic mass is 35.5. The van der Waals surface area contributed by atoms with E-state index in [2.05, 4.69) is 5.32 Å². The average Bonchev–Trinajstić information content (AvgIpc) is 3.02. The Labute approximate surface area is 282 Å². The third-order valence-corrected chi connectivity index (χ3v) is 9.28. The van der Waals surface area contributed by atoms with Crippen LogP contribution in [0.1, 0.15) is 37.5 Å². The van der Waals surface area contributed by atoms with Gasteiger partial charge in [-0.2, -0.15) is 13.2 Å². The molecule has 2 amide bonds. The number of hydrogen-bond acceptors (Lipinski definition) is 4. The normalized spacial score (nSPS) is 12.7. The molecule has 0 aromatic heterocycles. The molecule has 48 heavy (non-hydrogen) atoms. The number of carbonyl (C=O) groups is 2. The fourth-order valence-corrected chi connectivity index (χ4v) is 6.62. The molecule has 0 bridgehead atoms. The second kappa shape index (κ2) is 14.8. The van der Waals surface area contributed by atoms with Crippen LogP contribution >= 0.6 is 11.6 Å². The van der Waals surface area contributed by atoms with Gasteiger partial charge in [0.05, 0.1) is 21.2 Å². The molecule has 254 valence electrons. The molecule has 0 saturated heterocycles. The molecule has 0 spiro atoms. The summed E-state index contributed by atoms with van der Waals surface area (Å²) < 4.78 is 84.0. The Morgan fingerprint density at radius 2 is 1.42 bits per heavy atom. The van der Waals surface area contributed by atoms with Gasteiger partial charge in [0.2, 0.25) is 11.8 Å². The van der Waals surface area contributed by atoms with Crippen LogP contribution in [0.25, 0.3) is 0 Å². The second-order valence-corrected chi connectivity index (χ2v) is 14.4. The zero-order valence-electron chi connectivity index (χ0n) is 26.3. The van der Waals surface area contributed by atoms with Crippen molar-refractivity contribution in [2.24, 2.45) is 0 Å². The molecule has 0 aliphatic rings. The van der Waals surface area contributed by atoms with Gasteiger partial charge in [-0.3, -0.25) is 13.9 Å². The molecule has 0 saturated carbocycles. The third-order valence-electron chi connectivity index (χ3n) is 7.19. The highest BCUT2D eigenvalue weighted by Gasteiger charge is 2.38. The van der Waals surface area contributed by atoms with Gasteiger partial charge in [0.25, 0.3) is 10.0 Å². The quantitative estimate of drug-likeness (QED) is 0.167. The summed E-state index contributed by atoms with van der Waals surface area (Å²) in [6.07, 6.45) is -4.85. The lowest BCUT2D eigenvalue weighted by molar-refractivity contribution is -0.140. The fraction of sp³-hybridized carbons (Fsp3) is 0.257. The molecule has 0 heterocycles. The number of carbonyl (C=O) groups excluding carboxylic acids is 2. The van der Waals surface area contributed by atoms with E-state index < -0.39 is 63.2 Å². The van der Waals surface area contributed by atoms with E-state index in [1.807, 2.05) is 0 Å². The number of nitrogens with zero attached hydrogens (tertiary/aromatic N) is 2. The molecule has 13 heteroatoms. The highest BCUT2D eigenvalue weighted by molar-refractivity contribution is 7.92. The molecule has 4 rings (SSSR count). The van der Waals surface area contributed by atoms with E-state index in [4.69, 9.17) is 11.6 Å². The minimum atomic E-state index is -4.86. The smallest absolute Gasteiger partial charge is 0.350 e. The topological polar surface area (TPSA) is 86.8 Å².